The Morgan fingerprint density at radius 1 is 1.38 bits per heavy atom. The molecule has 0 atom stereocenters. The molecule has 0 saturated heterocycles. The van der Waals surface area contributed by atoms with Crippen molar-refractivity contribution < 1.29 is 4.79 Å². The van der Waals surface area contributed by atoms with Gasteiger partial charge >= 0.3 is 0 Å². The topological polar surface area (TPSA) is 55.1 Å². The van der Waals surface area contributed by atoms with E-state index in [0.717, 1.165) is 19.4 Å². The van der Waals surface area contributed by atoms with Gasteiger partial charge in [-0.1, -0.05) is 6.92 Å². The molecule has 1 aliphatic rings. The van der Waals surface area contributed by atoms with E-state index in [9.17, 15) is 4.79 Å². The molecule has 0 unspecified atom stereocenters. The Labute approximate surface area is 80.1 Å². The summed E-state index contributed by atoms with van der Waals surface area (Å²) in [6.45, 7) is 2.69. The molecular weight excluding hydrogens is 164 g/mol. The first-order chi connectivity index (χ1) is 6.26. The van der Waals surface area contributed by atoms with E-state index in [1.807, 2.05) is 6.92 Å². The maximum atomic E-state index is 11.1. The van der Waals surface area contributed by atoms with Crippen molar-refractivity contribution in [2.45, 2.75) is 45.1 Å². The molecule has 0 spiro atoms. The lowest BCUT2D eigenvalue weighted by Gasteiger charge is -2.28. The smallest absolute Gasteiger partial charge is 0.219 e. The Kier molecular flexibility index (Phi) is 4.22. The molecule has 0 aromatic rings. The highest BCUT2D eigenvalue weighted by Crippen LogP contribution is 2.23. The monoisotopic (exact) mass is 184 g/mol. The first-order valence-electron chi connectivity index (χ1n) is 5.25. The molecule has 13 heavy (non-hydrogen) atoms. The molecule has 1 rings (SSSR count). The van der Waals surface area contributed by atoms with Gasteiger partial charge in [-0.3, -0.25) is 4.79 Å². The van der Waals surface area contributed by atoms with Crippen molar-refractivity contribution in [3.8, 4) is 0 Å². The number of nitrogens with one attached hydrogen (secondary N) is 1. The third kappa shape index (κ3) is 3.35. The van der Waals surface area contributed by atoms with E-state index in [4.69, 9.17) is 5.73 Å². The number of rotatable bonds is 3. The molecule has 3 nitrogen and oxygen atoms in total. The van der Waals surface area contributed by atoms with Crippen LogP contribution >= 0.6 is 0 Å². The lowest BCUT2D eigenvalue weighted by Crippen LogP contribution is -2.38. The second kappa shape index (κ2) is 5.22. The van der Waals surface area contributed by atoms with Crippen molar-refractivity contribution in [2.24, 2.45) is 11.7 Å². The second-order valence-corrected chi connectivity index (χ2v) is 3.87. The first kappa shape index (κ1) is 10.5. The summed E-state index contributed by atoms with van der Waals surface area (Å²) in [6.07, 6.45) is 5.15. The summed E-state index contributed by atoms with van der Waals surface area (Å²) in [6, 6.07) is 0.412. The van der Waals surface area contributed by atoms with Crippen LogP contribution in [0.5, 0.6) is 0 Å². The third-order valence-electron chi connectivity index (χ3n) is 2.87. The van der Waals surface area contributed by atoms with Crippen LogP contribution in [0.15, 0.2) is 0 Å². The average molecular weight is 184 g/mol. The summed E-state index contributed by atoms with van der Waals surface area (Å²) in [5.74, 6) is 0.867. The molecule has 1 fully saturated rings. The van der Waals surface area contributed by atoms with Crippen LogP contribution in [0.1, 0.15) is 39.0 Å². The van der Waals surface area contributed by atoms with Gasteiger partial charge in [-0.15, -0.1) is 0 Å². The van der Waals surface area contributed by atoms with Crippen LogP contribution in [0.4, 0.5) is 0 Å². The fourth-order valence-corrected chi connectivity index (χ4v) is 1.87. The zero-order chi connectivity index (χ0) is 9.68. The quantitative estimate of drug-likeness (QED) is 0.688. The Bertz CT molecular complexity index is 162. The largest absolute Gasteiger partial charge is 0.353 e. The van der Waals surface area contributed by atoms with E-state index in [1.54, 1.807) is 0 Å². The normalized spacial score (nSPS) is 28.5. The summed E-state index contributed by atoms with van der Waals surface area (Å²) < 4.78 is 0. The molecule has 0 aliphatic heterocycles. The maximum absolute atomic E-state index is 11.1. The summed E-state index contributed by atoms with van der Waals surface area (Å²) in [7, 11) is 0. The molecular formula is C10H20N2O. The molecule has 3 N–H and O–H groups in total. The van der Waals surface area contributed by atoms with Crippen LogP contribution in [-0.4, -0.2) is 18.5 Å². The van der Waals surface area contributed by atoms with Crippen molar-refractivity contribution in [2.75, 3.05) is 6.54 Å². The summed E-state index contributed by atoms with van der Waals surface area (Å²) >= 11 is 0. The highest BCUT2D eigenvalue weighted by molar-refractivity contribution is 5.75. The minimum absolute atomic E-state index is 0.177. The van der Waals surface area contributed by atoms with E-state index in [2.05, 4.69) is 5.32 Å². The minimum atomic E-state index is 0.177. The maximum Gasteiger partial charge on any atom is 0.219 e. The molecule has 0 heterocycles. The van der Waals surface area contributed by atoms with Gasteiger partial charge in [0.05, 0.1) is 0 Å². The molecule has 0 aromatic heterocycles. The lowest BCUT2D eigenvalue weighted by atomic mass is 9.86. The predicted molar refractivity (Wildman–Crippen MR) is 53.2 cm³/mol. The van der Waals surface area contributed by atoms with E-state index in [0.29, 0.717) is 18.4 Å². The van der Waals surface area contributed by atoms with Crippen molar-refractivity contribution in [1.82, 2.24) is 5.32 Å². The molecule has 1 aliphatic carbocycles. The first-order valence-corrected chi connectivity index (χ1v) is 5.25. The van der Waals surface area contributed by atoms with Gasteiger partial charge in [0.15, 0.2) is 0 Å². The Morgan fingerprint density at radius 2 is 2.00 bits per heavy atom. The summed E-state index contributed by atoms with van der Waals surface area (Å²) in [4.78, 5) is 11.1. The van der Waals surface area contributed by atoms with Crippen molar-refractivity contribution in [3.63, 3.8) is 0 Å². The second-order valence-electron chi connectivity index (χ2n) is 3.87. The van der Waals surface area contributed by atoms with Crippen LogP contribution < -0.4 is 11.1 Å². The Hall–Kier alpha value is -0.570. The van der Waals surface area contributed by atoms with Gasteiger partial charge in [0, 0.05) is 12.5 Å². The molecule has 0 bridgehead atoms. The molecule has 1 saturated carbocycles. The zero-order valence-corrected chi connectivity index (χ0v) is 8.38. The number of nitrogens with two attached hydrogens (primary N) is 1. The van der Waals surface area contributed by atoms with E-state index in [-0.39, 0.29) is 5.91 Å². The van der Waals surface area contributed by atoms with Gasteiger partial charge in [0.1, 0.15) is 0 Å². The van der Waals surface area contributed by atoms with Gasteiger partial charge in [0.2, 0.25) is 5.91 Å². The standard InChI is InChI=1S/C10H20N2O/c1-2-10(13)12-9-5-3-8(7-11)4-6-9/h8-9H,2-7,11H2,1H3,(H,12,13)/t8-,9-. The van der Waals surface area contributed by atoms with Crippen LogP contribution in [0.2, 0.25) is 0 Å². The van der Waals surface area contributed by atoms with Crippen LogP contribution in [-0.2, 0) is 4.79 Å². The van der Waals surface area contributed by atoms with E-state index in [1.165, 1.54) is 12.8 Å². The van der Waals surface area contributed by atoms with Crippen LogP contribution in [0.3, 0.4) is 0 Å². The minimum Gasteiger partial charge on any atom is -0.353 e. The number of amides is 1. The number of hydrogen-bond acceptors (Lipinski definition) is 2. The van der Waals surface area contributed by atoms with Crippen molar-refractivity contribution >= 4 is 5.91 Å². The van der Waals surface area contributed by atoms with Crippen LogP contribution in [0, 0.1) is 5.92 Å². The summed E-state index contributed by atoms with van der Waals surface area (Å²) in [5, 5.41) is 3.03. The van der Waals surface area contributed by atoms with Gasteiger partial charge in [-0.25, -0.2) is 0 Å². The average Bonchev–Trinajstić information content (AvgIpc) is 2.19. The summed E-state index contributed by atoms with van der Waals surface area (Å²) in [5.41, 5.74) is 5.59. The number of hydrogen-bond donors (Lipinski definition) is 2. The molecule has 0 aromatic carbocycles. The molecule has 3 heteroatoms. The fourth-order valence-electron chi connectivity index (χ4n) is 1.87. The fraction of sp³-hybridized carbons (Fsp3) is 0.900. The highest BCUT2D eigenvalue weighted by Gasteiger charge is 2.20. The molecule has 1 amide bonds. The van der Waals surface area contributed by atoms with Gasteiger partial charge in [-0.05, 0) is 38.1 Å². The van der Waals surface area contributed by atoms with Crippen LogP contribution in [0.25, 0.3) is 0 Å². The Morgan fingerprint density at radius 3 is 2.46 bits per heavy atom. The van der Waals surface area contributed by atoms with Gasteiger partial charge in [-0.2, -0.15) is 0 Å². The molecule has 76 valence electrons. The zero-order valence-electron chi connectivity index (χ0n) is 8.38. The van der Waals surface area contributed by atoms with Gasteiger partial charge in [0.25, 0.3) is 0 Å². The highest BCUT2D eigenvalue weighted by atomic mass is 16.1. The van der Waals surface area contributed by atoms with Gasteiger partial charge < -0.3 is 11.1 Å². The lowest BCUT2D eigenvalue weighted by molar-refractivity contribution is -0.121. The van der Waals surface area contributed by atoms with E-state index >= 15 is 0 Å². The Balaban J connectivity index is 2.21. The third-order valence-corrected chi connectivity index (χ3v) is 2.87. The predicted octanol–water partition coefficient (Wildman–Crippen LogP) is 1.03. The number of carbonyl (C=O) groups excluding carboxylic acids is 1. The molecule has 0 radical (unpaired) electrons. The van der Waals surface area contributed by atoms with Crippen molar-refractivity contribution in [1.29, 1.82) is 0 Å². The SMILES string of the molecule is CCC(=O)N[C@H]1CC[C@H](CN)CC1. The van der Waals surface area contributed by atoms with E-state index < -0.39 is 0 Å². The van der Waals surface area contributed by atoms with Crippen molar-refractivity contribution in [3.05, 3.63) is 0 Å². The number of carbonyl (C=O) groups is 1.